The van der Waals surface area contributed by atoms with Crippen molar-refractivity contribution in [2.24, 2.45) is 5.73 Å². The van der Waals surface area contributed by atoms with Gasteiger partial charge in [-0.05, 0) is 0 Å². The highest BCUT2D eigenvalue weighted by molar-refractivity contribution is 5.83. The summed E-state index contributed by atoms with van der Waals surface area (Å²) in [6, 6.07) is 0. The number of aliphatic carboxylic acids is 2. The summed E-state index contributed by atoms with van der Waals surface area (Å²) in [4.78, 5) is 28.3. The number of carboxylic acid groups (broad SMARTS) is 3. The zero-order valence-electron chi connectivity index (χ0n) is 6.69. The SMILES string of the molecule is NC(=O)O.O=C(O)[C@H](O)[C@@H](O)C(=O)O. The standard InChI is InChI=1S/C4H6O6.CH3NO2/c5-1(3(7)8)2(6)4(9)10;2-1(3)4/h1-2,5-6H,(H,7,8)(H,9,10);2H2,(H,3,4)/t1-,2-;/m1./s1. The molecule has 14 heavy (non-hydrogen) atoms. The fraction of sp³-hybridized carbons (Fsp3) is 0.400. The predicted molar refractivity (Wildman–Crippen MR) is 39.5 cm³/mol. The average molecular weight is 211 g/mol. The summed E-state index contributed by atoms with van der Waals surface area (Å²) in [5, 5.41) is 39.7. The van der Waals surface area contributed by atoms with Crippen LogP contribution in [-0.4, -0.2) is 55.8 Å². The lowest BCUT2D eigenvalue weighted by atomic mass is 10.2. The molecule has 0 aromatic heterocycles. The van der Waals surface area contributed by atoms with Gasteiger partial charge in [0.15, 0.2) is 12.2 Å². The molecule has 0 unspecified atom stereocenters. The molecule has 9 nitrogen and oxygen atoms in total. The summed E-state index contributed by atoms with van der Waals surface area (Å²) in [6.45, 7) is 0. The highest BCUT2D eigenvalue weighted by atomic mass is 16.4. The molecule has 82 valence electrons. The molecule has 0 aliphatic carbocycles. The van der Waals surface area contributed by atoms with E-state index >= 15 is 0 Å². The van der Waals surface area contributed by atoms with Crippen LogP contribution in [0.25, 0.3) is 0 Å². The lowest BCUT2D eigenvalue weighted by Crippen LogP contribution is -2.39. The minimum absolute atomic E-state index is 1.33. The molecule has 0 aromatic rings. The second-order valence-electron chi connectivity index (χ2n) is 1.90. The van der Waals surface area contributed by atoms with Crippen molar-refractivity contribution in [3.8, 4) is 0 Å². The number of aliphatic hydroxyl groups excluding tert-OH is 2. The van der Waals surface area contributed by atoms with E-state index in [0.717, 1.165) is 0 Å². The van der Waals surface area contributed by atoms with E-state index < -0.39 is 30.2 Å². The number of hydrogen-bond donors (Lipinski definition) is 6. The van der Waals surface area contributed by atoms with Gasteiger partial charge in [0.2, 0.25) is 0 Å². The van der Waals surface area contributed by atoms with Gasteiger partial charge in [-0.3, -0.25) is 0 Å². The van der Waals surface area contributed by atoms with E-state index in [1.54, 1.807) is 0 Å². The number of nitrogens with two attached hydrogens (primary N) is 1. The normalized spacial score (nSPS) is 13.0. The van der Waals surface area contributed by atoms with Gasteiger partial charge in [0, 0.05) is 0 Å². The van der Waals surface area contributed by atoms with E-state index in [9.17, 15) is 9.59 Å². The Bertz CT molecular complexity index is 204. The van der Waals surface area contributed by atoms with Gasteiger partial charge in [-0.2, -0.15) is 0 Å². The Morgan fingerprint density at radius 3 is 1.07 bits per heavy atom. The lowest BCUT2D eigenvalue weighted by molar-refractivity contribution is -0.165. The zero-order valence-corrected chi connectivity index (χ0v) is 6.69. The molecule has 0 aliphatic rings. The fourth-order valence-corrected chi connectivity index (χ4v) is 0.270. The van der Waals surface area contributed by atoms with Crippen LogP contribution in [0, 0.1) is 0 Å². The van der Waals surface area contributed by atoms with Crippen molar-refractivity contribution in [1.29, 1.82) is 0 Å². The summed E-state index contributed by atoms with van der Waals surface area (Å²) >= 11 is 0. The highest BCUT2D eigenvalue weighted by Crippen LogP contribution is 1.92. The van der Waals surface area contributed by atoms with Gasteiger partial charge in [0.1, 0.15) is 0 Å². The number of hydrogen-bond acceptors (Lipinski definition) is 5. The third kappa shape index (κ3) is 8.23. The number of rotatable bonds is 3. The van der Waals surface area contributed by atoms with Crippen LogP contribution in [0.15, 0.2) is 0 Å². The Balaban J connectivity index is 0. The molecular weight excluding hydrogens is 202 g/mol. The molecule has 0 saturated heterocycles. The summed E-state index contributed by atoms with van der Waals surface area (Å²) in [5.41, 5.74) is 4.03. The molecule has 0 heterocycles. The van der Waals surface area contributed by atoms with Crippen molar-refractivity contribution in [3.05, 3.63) is 0 Å². The van der Waals surface area contributed by atoms with Crippen LogP contribution in [0.1, 0.15) is 0 Å². The number of amides is 1. The van der Waals surface area contributed by atoms with Crippen LogP contribution in [0.3, 0.4) is 0 Å². The molecule has 9 heteroatoms. The Morgan fingerprint density at radius 2 is 1.00 bits per heavy atom. The maximum absolute atomic E-state index is 9.77. The van der Waals surface area contributed by atoms with Gasteiger partial charge in [-0.1, -0.05) is 0 Å². The molecule has 0 aliphatic heterocycles. The Labute approximate surface area is 77.0 Å². The van der Waals surface area contributed by atoms with Crippen LogP contribution in [0.4, 0.5) is 4.79 Å². The van der Waals surface area contributed by atoms with Crippen LogP contribution in [0.2, 0.25) is 0 Å². The molecule has 0 rings (SSSR count). The van der Waals surface area contributed by atoms with Crippen molar-refractivity contribution in [2.45, 2.75) is 12.2 Å². The Hall–Kier alpha value is -1.87. The van der Waals surface area contributed by atoms with Gasteiger partial charge in [0.05, 0.1) is 0 Å². The predicted octanol–water partition coefficient (Wildman–Crippen LogP) is -2.50. The van der Waals surface area contributed by atoms with Crippen molar-refractivity contribution >= 4 is 18.0 Å². The summed E-state index contributed by atoms with van der Waals surface area (Å²) < 4.78 is 0. The van der Waals surface area contributed by atoms with Gasteiger partial charge in [-0.25, -0.2) is 14.4 Å². The van der Waals surface area contributed by atoms with Crippen LogP contribution >= 0.6 is 0 Å². The molecule has 0 saturated carbocycles. The summed E-state index contributed by atoms with van der Waals surface area (Å²) in [6.07, 6.45) is -5.87. The van der Waals surface area contributed by atoms with E-state index in [0.29, 0.717) is 0 Å². The largest absolute Gasteiger partial charge is 0.479 e. The van der Waals surface area contributed by atoms with Crippen molar-refractivity contribution < 1.29 is 39.9 Å². The number of primary amides is 1. The smallest absolute Gasteiger partial charge is 0.402 e. The maximum Gasteiger partial charge on any atom is 0.402 e. The van der Waals surface area contributed by atoms with Crippen molar-refractivity contribution in [2.75, 3.05) is 0 Å². The number of carboxylic acids is 2. The first kappa shape index (κ1) is 14.6. The van der Waals surface area contributed by atoms with Gasteiger partial charge < -0.3 is 31.3 Å². The third-order valence-corrected chi connectivity index (χ3v) is 0.805. The third-order valence-electron chi connectivity index (χ3n) is 0.805. The minimum Gasteiger partial charge on any atom is -0.479 e. The van der Waals surface area contributed by atoms with E-state index in [1.807, 2.05) is 0 Å². The van der Waals surface area contributed by atoms with Crippen molar-refractivity contribution in [1.82, 2.24) is 0 Å². The Kier molecular flexibility index (Phi) is 6.93. The molecule has 0 aromatic carbocycles. The van der Waals surface area contributed by atoms with E-state index in [-0.39, 0.29) is 0 Å². The topological polar surface area (TPSA) is 178 Å². The minimum atomic E-state index is -2.27. The van der Waals surface area contributed by atoms with Gasteiger partial charge >= 0.3 is 18.0 Å². The first-order valence-corrected chi connectivity index (χ1v) is 3.00. The lowest BCUT2D eigenvalue weighted by Gasteiger charge is -2.07. The Morgan fingerprint density at radius 1 is 0.857 bits per heavy atom. The highest BCUT2D eigenvalue weighted by Gasteiger charge is 2.29. The molecule has 0 radical (unpaired) electrons. The van der Waals surface area contributed by atoms with Gasteiger partial charge in [-0.15, -0.1) is 0 Å². The summed E-state index contributed by atoms with van der Waals surface area (Å²) in [7, 11) is 0. The first-order valence-electron chi connectivity index (χ1n) is 3.00. The van der Waals surface area contributed by atoms with Crippen LogP contribution < -0.4 is 5.73 Å². The molecule has 7 N–H and O–H groups in total. The van der Waals surface area contributed by atoms with E-state index in [4.69, 9.17) is 30.3 Å². The van der Waals surface area contributed by atoms with E-state index in [2.05, 4.69) is 5.73 Å². The second kappa shape index (κ2) is 6.62. The molecule has 1 amide bonds. The monoisotopic (exact) mass is 211 g/mol. The molecule has 2 atom stereocenters. The molecule has 0 spiro atoms. The quantitative estimate of drug-likeness (QED) is 0.296. The van der Waals surface area contributed by atoms with Crippen molar-refractivity contribution in [3.63, 3.8) is 0 Å². The molecular formula is C5H9NO8. The fourth-order valence-electron chi connectivity index (χ4n) is 0.270. The average Bonchev–Trinajstić information content (AvgIpc) is 2.00. The number of carbonyl (C=O) groups is 3. The van der Waals surface area contributed by atoms with Crippen LogP contribution in [-0.2, 0) is 9.59 Å². The second-order valence-corrected chi connectivity index (χ2v) is 1.90. The summed E-state index contributed by atoms with van der Waals surface area (Å²) in [5.74, 6) is -3.54. The van der Waals surface area contributed by atoms with Gasteiger partial charge in [0.25, 0.3) is 0 Å². The molecule has 0 fully saturated rings. The van der Waals surface area contributed by atoms with E-state index in [1.165, 1.54) is 0 Å². The molecule has 0 bridgehead atoms. The van der Waals surface area contributed by atoms with Crippen LogP contribution in [0.5, 0.6) is 0 Å². The maximum atomic E-state index is 9.77. The first-order chi connectivity index (χ1) is 6.20. The number of aliphatic hydroxyl groups is 2. The zero-order chi connectivity index (χ0) is 11.9.